The van der Waals surface area contributed by atoms with E-state index in [1.807, 2.05) is 19.1 Å². The maximum absolute atomic E-state index is 13.9. The van der Waals surface area contributed by atoms with Crippen LogP contribution in [0.2, 0.25) is 0 Å². The van der Waals surface area contributed by atoms with Gasteiger partial charge in [-0.25, -0.2) is 4.39 Å². The van der Waals surface area contributed by atoms with Crippen molar-refractivity contribution in [2.75, 3.05) is 13.2 Å². The van der Waals surface area contributed by atoms with Crippen LogP contribution in [0.5, 0.6) is 0 Å². The molecule has 2 nitrogen and oxygen atoms in total. The van der Waals surface area contributed by atoms with Crippen molar-refractivity contribution in [1.29, 1.82) is 0 Å². The molecule has 1 fully saturated rings. The van der Waals surface area contributed by atoms with Gasteiger partial charge >= 0.3 is 0 Å². The van der Waals surface area contributed by atoms with E-state index in [9.17, 15) is 4.39 Å². The van der Waals surface area contributed by atoms with Crippen molar-refractivity contribution in [2.24, 2.45) is 5.92 Å². The smallest absolute Gasteiger partial charge is 0.128 e. The quantitative estimate of drug-likeness (QED) is 0.847. The highest BCUT2D eigenvalue weighted by atomic mass is 19.1. The Morgan fingerprint density at radius 1 is 1.35 bits per heavy atom. The lowest BCUT2D eigenvalue weighted by Crippen LogP contribution is -2.30. The largest absolute Gasteiger partial charge is 0.376 e. The van der Waals surface area contributed by atoms with E-state index in [2.05, 4.69) is 12.2 Å². The SMILES string of the molecule is CCNC(COC1CCCC(C)C1)c1ccccc1F. The van der Waals surface area contributed by atoms with E-state index in [1.165, 1.54) is 18.9 Å². The molecular weight excluding hydrogens is 253 g/mol. The van der Waals surface area contributed by atoms with Gasteiger partial charge in [-0.2, -0.15) is 0 Å². The van der Waals surface area contributed by atoms with Gasteiger partial charge in [-0.1, -0.05) is 44.9 Å². The van der Waals surface area contributed by atoms with Gasteiger partial charge in [0.15, 0.2) is 0 Å². The van der Waals surface area contributed by atoms with Crippen LogP contribution < -0.4 is 5.32 Å². The Kier molecular flexibility index (Phi) is 5.99. The van der Waals surface area contributed by atoms with E-state index in [0.29, 0.717) is 18.3 Å². The third-order valence-corrected chi connectivity index (χ3v) is 4.12. The highest BCUT2D eigenvalue weighted by molar-refractivity contribution is 5.21. The van der Waals surface area contributed by atoms with Gasteiger partial charge in [0.05, 0.1) is 18.8 Å². The molecule has 1 saturated carbocycles. The van der Waals surface area contributed by atoms with E-state index in [-0.39, 0.29) is 11.9 Å². The number of halogens is 1. The summed E-state index contributed by atoms with van der Waals surface area (Å²) in [5.41, 5.74) is 0.707. The zero-order chi connectivity index (χ0) is 14.4. The summed E-state index contributed by atoms with van der Waals surface area (Å²) in [6.45, 7) is 5.68. The van der Waals surface area contributed by atoms with Crippen LogP contribution in [0.1, 0.15) is 51.1 Å². The van der Waals surface area contributed by atoms with Crippen molar-refractivity contribution in [2.45, 2.75) is 51.7 Å². The first-order valence-corrected chi connectivity index (χ1v) is 7.80. The summed E-state index contributed by atoms with van der Waals surface area (Å²) in [4.78, 5) is 0. The summed E-state index contributed by atoms with van der Waals surface area (Å²) in [5, 5.41) is 3.33. The molecule has 1 aromatic carbocycles. The van der Waals surface area contributed by atoms with E-state index in [0.717, 1.165) is 25.3 Å². The van der Waals surface area contributed by atoms with Crippen molar-refractivity contribution < 1.29 is 9.13 Å². The van der Waals surface area contributed by atoms with Crippen molar-refractivity contribution in [1.82, 2.24) is 5.32 Å². The van der Waals surface area contributed by atoms with Crippen LogP contribution in [0.15, 0.2) is 24.3 Å². The van der Waals surface area contributed by atoms with Gasteiger partial charge < -0.3 is 10.1 Å². The average Bonchev–Trinajstić information content (AvgIpc) is 2.44. The minimum atomic E-state index is -0.154. The van der Waals surface area contributed by atoms with Crippen molar-refractivity contribution in [3.8, 4) is 0 Å². The van der Waals surface area contributed by atoms with Gasteiger partial charge in [-0.05, 0) is 31.4 Å². The monoisotopic (exact) mass is 279 g/mol. The van der Waals surface area contributed by atoms with Crippen LogP contribution in [0.4, 0.5) is 4.39 Å². The highest BCUT2D eigenvalue weighted by Crippen LogP contribution is 2.27. The molecule has 3 unspecified atom stereocenters. The maximum atomic E-state index is 13.9. The fraction of sp³-hybridized carbons (Fsp3) is 0.647. The molecule has 3 atom stereocenters. The fourth-order valence-corrected chi connectivity index (χ4v) is 3.02. The van der Waals surface area contributed by atoms with Crippen LogP contribution in [0.25, 0.3) is 0 Å². The molecule has 0 radical (unpaired) electrons. The summed E-state index contributed by atoms with van der Waals surface area (Å²) in [7, 11) is 0. The standard InChI is InChI=1S/C17H26FNO/c1-3-19-17(15-9-4-5-10-16(15)18)12-20-14-8-6-7-13(2)11-14/h4-5,9-10,13-14,17,19H,3,6-8,11-12H2,1-2H3. The number of likely N-dealkylation sites (N-methyl/N-ethyl adjacent to an activating group) is 1. The molecule has 1 aromatic rings. The lowest BCUT2D eigenvalue weighted by Gasteiger charge is -2.29. The first kappa shape index (κ1) is 15.5. The molecule has 0 amide bonds. The van der Waals surface area contributed by atoms with Crippen molar-refractivity contribution >= 4 is 0 Å². The van der Waals surface area contributed by atoms with E-state index in [4.69, 9.17) is 4.74 Å². The Hall–Kier alpha value is -0.930. The summed E-state index contributed by atoms with van der Waals surface area (Å²) in [5.74, 6) is 0.596. The lowest BCUT2D eigenvalue weighted by molar-refractivity contribution is 0.00376. The van der Waals surface area contributed by atoms with Gasteiger partial charge in [-0.15, -0.1) is 0 Å². The van der Waals surface area contributed by atoms with Crippen LogP contribution in [0.3, 0.4) is 0 Å². The first-order chi connectivity index (χ1) is 9.70. The number of nitrogens with one attached hydrogen (secondary N) is 1. The Bertz CT molecular complexity index is 410. The number of benzene rings is 1. The van der Waals surface area contributed by atoms with Gasteiger partial charge in [0.2, 0.25) is 0 Å². The molecule has 0 aliphatic heterocycles. The minimum absolute atomic E-state index is 0.0570. The zero-order valence-corrected chi connectivity index (χ0v) is 12.6. The Labute approximate surface area is 121 Å². The molecule has 3 heteroatoms. The second-order valence-corrected chi connectivity index (χ2v) is 5.86. The van der Waals surface area contributed by atoms with Gasteiger partial charge in [0.25, 0.3) is 0 Å². The topological polar surface area (TPSA) is 21.3 Å². The predicted molar refractivity (Wildman–Crippen MR) is 80.2 cm³/mol. The van der Waals surface area contributed by atoms with E-state index in [1.54, 1.807) is 6.07 Å². The van der Waals surface area contributed by atoms with Crippen LogP contribution in [0, 0.1) is 11.7 Å². The molecule has 0 saturated heterocycles. The second-order valence-electron chi connectivity index (χ2n) is 5.86. The Morgan fingerprint density at radius 2 is 2.15 bits per heavy atom. The number of hydrogen-bond donors (Lipinski definition) is 1. The molecule has 112 valence electrons. The molecule has 20 heavy (non-hydrogen) atoms. The summed E-state index contributed by atoms with van der Waals surface area (Å²) in [6, 6.07) is 6.91. The molecule has 1 aliphatic rings. The predicted octanol–water partition coefficient (Wildman–Crippen LogP) is 4.07. The third kappa shape index (κ3) is 4.29. The summed E-state index contributed by atoms with van der Waals surface area (Å²) < 4.78 is 19.9. The molecule has 0 heterocycles. The molecule has 1 N–H and O–H groups in total. The summed E-state index contributed by atoms with van der Waals surface area (Å²) in [6.07, 6.45) is 5.17. The van der Waals surface area contributed by atoms with Crippen molar-refractivity contribution in [3.05, 3.63) is 35.6 Å². The number of hydrogen-bond acceptors (Lipinski definition) is 2. The zero-order valence-electron chi connectivity index (χ0n) is 12.6. The second kappa shape index (κ2) is 7.75. The van der Waals surface area contributed by atoms with Gasteiger partial charge in [0, 0.05) is 5.56 Å². The van der Waals surface area contributed by atoms with Crippen LogP contribution in [-0.4, -0.2) is 19.3 Å². The van der Waals surface area contributed by atoms with E-state index >= 15 is 0 Å². The molecule has 1 aliphatic carbocycles. The fourth-order valence-electron chi connectivity index (χ4n) is 3.02. The van der Waals surface area contributed by atoms with Crippen LogP contribution in [-0.2, 0) is 4.74 Å². The Morgan fingerprint density at radius 3 is 2.85 bits per heavy atom. The molecule has 0 bridgehead atoms. The van der Waals surface area contributed by atoms with Crippen molar-refractivity contribution in [3.63, 3.8) is 0 Å². The minimum Gasteiger partial charge on any atom is -0.376 e. The maximum Gasteiger partial charge on any atom is 0.128 e. The number of rotatable bonds is 6. The van der Waals surface area contributed by atoms with Gasteiger partial charge in [-0.3, -0.25) is 0 Å². The normalized spacial score (nSPS) is 24.6. The molecule has 2 rings (SSSR count). The molecule has 0 spiro atoms. The average molecular weight is 279 g/mol. The third-order valence-electron chi connectivity index (χ3n) is 4.12. The highest BCUT2D eigenvalue weighted by Gasteiger charge is 2.22. The Balaban J connectivity index is 1.94. The van der Waals surface area contributed by atoms with Gasteiger partial charge in [0.1, 0.15) is 5.82 Å². The van der Waals surface area contributed by atoms with Crippen LogP contribution >= 0.6 is 0 Å². The molecular formula is C17H26FNO. The lowest BCUT2D eigenvalue weighted by atomic mass is 9.88. The van der Waals surface area contributed by atoms with E-state index < -0.39 is 0 Å². The number of ether oxygens (including phenoxy) is 1. The molecule has 0 aromatic heterocycles. The summed E-state index contributed by atoms with van der Waals surface area (Å²) >= 11 is 0. The first-order valence-electron chi connectivity index (χ1n) is 7.80.